The zero-order valence-electron chi connectivity index (χ0n) is 17.7. The molecule has 4 aromatic rings. The minimum atomic E-state index is -4.80. The number of halogens is 3. The number of carbonyl (C=O) groups is 2. The van der Waals surface area contributed by atoms with Crippen molar-refractivity contribution in [3.05, 3.63) is 66.7 Å². The molecule has 3 heterocycles. The maximum Gasteiger partial charge on any atom is 0.453 e. The van der Waals surface area contributed by atoms with E-state index in [-0.39, 0.29) is 28.5 Å². The molecule has 0 atom stereocenters. The van der Waals surface area contributed by atoms with Gasteiger partial charge in [0.2, 0.25) is 5.76 Å². The van der Waals surface area contributed by atoms with Gasteiger partial charge in [0, 0.05) is 24.6 Å². The Morgan fingerprint density at radius 1 is 1.09 bits per heavy atom. The number of amides is 1. The number of rotatable bonds is 6. The molecule has 178 valence electrons. The smallest absolute Gasteiger partial charge is 0.444 e. The highest BCUT2D eigenvalue weighted by Gasteiger charge is 2.53. The number of hydrogen-bond acceptors (Lipinski definition) is 8. The maximum atomic E-state index is 13.6. The second kappa shape index (κ2) is 8.04. The summed E-state index contributed by atoms with van der Waals surface area (Å²) in [6, 6.07) is 8.25. The van der Waals surface area contributed by atoms with Crippen LogP contribution in [0.3, 0.4) is 0 Å². The van der Waals surface area contributed by atoms with Gasteiger partial charge in [0.1, 0.15) is 12.0 Å². The van der Waals surface area contributed by atoms with Crippen molar-refractivity contribution in [2.24, 2.45) is 5.73 Å². The topological polar surface area (TPSA) is 139 Å². The van der Waals surface area contributed by atoms with E-state index in [2.05, 4.69) is 24.6 Å². The van der Waals surface area contributed by atoms with Crippen LogP contribution in [-0.2, 0) is 15.7 Å². The fourth-order valence-electron chi connectivity index (χ4n) is 3.39. The summed E-state index contributed by atoms with van der Waals surface area (Å²) in [5, 5.41) is 3.63. The minimum absolute atomic E-state index is 0.0178. The van der Waals surface area contributed by atoms with Crippen LogP contribution in [0.1, 0.15) is 29.1 Å². The molecule has 0 bridgehead atoms. The molecule has 1 fully saturated rings. The molecule has 1 amide bonds. The molecule has 0 spiro atoms. The number of aromatic nitrogens is 5. The van der Waals surface area contributed by atoms with Crippen molar-refractivity contribution < 1.29 is 32.0 Å². The molecule has 2 N–H and O–H groups in total. The SMILES string of the molecule is NC(=O)C1(OC(=O)c2cnc(-n3cnc(-c4c(-c5ccccc5)noc4C(F)(F)F)c3)cn2)CC1. The van der Waals surface area contributed by atoms with Crippen molar-refractivity contribution >= 4 is 11.9 Å². The van der Waals surface area contributed by atoms with E-state index in [0.717, 1.165) is 6.20 Å². The molecule has 13 heteroatoms. The molecule has 0 radical (unpaired) electrons. The quantitative estimate of drug-likeness (QED) is 0.412. The number of benzene rings is 1. The Labute approximate surface area is 194 Å². The van der Waals surface area contributed by atoms with Crippen molar-refractivity contribution in [2.45, 2.75) is 24.6 Å². The molecule has 10 nitrogen and oxygen atoms in total. The number of nitrogens with zero attached hydrogens (tertiary/aromatic N) is 5. The number of ether oxygens (including phenoxy) is 1. The molecular weight excluding hydrogens is 469 g/mol. The van der Waals surface area contributed by atoms with E-state index in [1.54, 1.807) is 30.3 Å². The van der Waals surface area contributed by atoms with Gasteiger partial charge in [-0.1, -0.05) is 35.5 Å². The predicted octanol–water partition coefficient (Wildman–Crippen LogP) is 3.18. The third-order valence-electron chi connectivity index (χ3n) is 5.39. The van der Waals surface area contributed by atoms with Gasteiger partial charge in [-0.25, -0.2) is 19.7 Å². The Morgan fingerprint density at radius 3 is 2.43 bits per heavy atom. The van der Waals surface area contributed by atoms with Crippen molar-refractivity contribution in [1.82, 2.24) is 24.7 Å². The lowest BCUT2D eigenvalue weighted by Gasteiger charge is -2.12. The Kier molecular flexibility index (Phi) is 5.11. The van der Waals surface area contributed by atoms with Gasteiger partial charge in [0.05, 0.1) is 23.7 Å². The largest absolute Gasteiger partial charge is 0.453 e. The molecule has 3 aromatic heterocycles. The summed E-state index contributed by atoms with van der Waals surface area (Å²) in [6.45, 7) is 0. The van der Waals surface area contributed by atoms with E-state index < -0.39 is 29.4 Å². The number of nitrogens with two attached hydrogens (primary N) is 1. The van der Waals surface area contributed by atoms with Gasteiger partial charge in [0.15, 0.2) is 17.1 Å². The summed E-state index contributed by atoms with van der Waals surface area (Å²) in [5.41, 5.74) is 3.80. The van der Waals surface area contributed by atoms with E-state index in [4.69, 9.17) is 10.5 Å². The van der Waals surface area contributed by atoms with Gasteiger partial charge in [-0.3, -0.25) is 9.36 Å². The third-order valence-corrected chi connectivity index (χ3v) is 5.39. The van der Waals surface area contributed by atoms with Crippen LogP contribution in [0.15, 0.2) is 59.8 Å². The summed E-state index contributed by atoms with van der Waals surface area (Å²) >= 11 is 0. The molecule has 1 saturated carbocycles. The van der Waals surface area contributed by atoms with Crippen LogP contribution in [0.5, 0.6) is 0 Å². The number of esters is 1. The summed E-state index contributed by atoms with van der Waals surface area (Å²) in [6.07, 6.45) is 0.752. The third kappa shape index (κ3) is 4.11. The van der Waals surface area contributed by atoms with Crippen molar-refractivity contribution in [3.8, 4) is 28.3 Å². The standard InChI is InChI=1S/C22H15F3N6O4/c23-22(24,25)18-16(17(30-35-18)12-4-2-1-3-5-12)14-10-31(11-29-14)15-9-27-13(8-28-15)19(32)34-21(6-7-21)20(26)33/h1-5,8-11H,6-7H2,(H2,26,33). The number of hydrogen-bond donors (Lipinski definition) is 1. The van der Waals surface area contributed by atoms with Crippen LogP contribution >= 0.6 is 0 Å². The van der Waals surface area contributed by atoms with Crippen LogP contribution in [0.25, 0.3) is 28.3 Å². The first-order chi connectivity index (χ1) is 16.7. The Morgan fingerprint density at radius 2 is 1.83 bits per heavy atom. The van der Waals surface area contributed by atoms with Gasteiger partial charge < -0.3 is 15.0 Å². The molecule has 5 rings (SSSR count). The highest BCUT2D eigenvalue weighted by molar-refractivity contribution is 5.93. The first-order valence-electron chi connectivity index (χ1n) is 10.2. The van der Waals surface area contributed by atoms with Crippen molar-refractivity contribution in [2.75, 3.05) is 0 Å². The number of carbonyl (C=O) groups excluding carboxylic acids is 2. The predicted molar refractivity (Wildman–Crippen MR) is 112 cm³/mol. The molecular formula is C22H15F3N6O4. The fourth-order valence-corrected chi connectivity index (χ4v) is 3.39. The molecule has 1 aliphatic carbocycles. The number of alkyl halides is 3. The highest BCUT2D eigenvalue weighted by Crippen LogP contribution is 2.42. The van der Waals surface area contributed by atoms with E-state index >= 15 is 0 Å². The highest BCUT2D eigenvalue weighted by atomic mass is 19.4. The average Bonchev–Trinajstić information content (AvgIpc) is 3.26. The van der Waals surface area contributed by atoms with Crippen LogP contribution in [0, 0.1) is 0 Å². The first kappa shape index (κ1) is 22.3. The minimum Gasteiger partial charge on any atom is -0.444 e. The summed E-state index contributed by atoms with van der Waals surface area (Å²) < 4.78 is 52.0. The second-order valence-electron chi connectivity index (χ2n) is 7.77. The van der Waals surface area contributed by atoms with Gasteiger partial charge in [-0.15, -0.1) is 0 Å². The van der Waals surface area contributed by atoms with Crippen LogP contribution < -0.4 is 5.73 Å². The van der Waals surface area contributed by atoms with Crippen LogP contribution in [-0.4, -0.2) is 42.2 Å². The molecule has 35 heavy (non-hydrogen) atoms. The van der Waals surface area contributed by atoms with Crippen molar-refractivity contribution in [3.63, 3.8) is 0 Å². The second-order valence-corrected chi connectivity index (χ2v) is 7.77. The summed E-state index contributed by atoms with van der Waals surface area (Å²) in [4.78, 5) is 35.8. The Hall–Kier alpha value is -4.55. The maximum absolute atomic E-state index is 13.6. The van der Waals surface area contributed by atoms with Gasteiger partial charge in [0.25, 0.3) is 5.91 Å². The number of imidazole rings is 1. The molecule has 1 aliphatic rings. The van der Waals surface area contributed by atoms with Gasteiger partial charge in [-0.05, 0) is 0 Å². The summed E-state index contributed by atoms with van der Waals surface area (Å²) in [5.74, 6) is -2.71. The van der Waals surface area contributed by atoms with Gasteiger partial charge >= 0.3 is 12.1 Å². The zero-order chi connectivity index (χ0) is 24.8. The van der Waals surface area contributed by atoms with Crippen LogP contribution in [0.4, 0.5) is 13.2 Å². The van der Waals surface area contributed by atoms with E-state index in [0.29, 0.717) is 18.4 Å². The van der Waals surface area contributed by atoms with Crippen LogP contribution in [0.2, 0.25) is 0 Å². The Bertz CT molecular complexity index is 1410. The zero-order valence-corrected chi connectivity index (χ0v) is 17.7. The normalized spacial score (nSPS) is 14.5. The van der Waals surface area contributed by atoms with E-state index in [9.17, 15) is 22.8 Å². The lowest BCUT2D eigenvalue weighted by Crippen LogP contribution is -2.35. The van der Waals surface area contributed by atoms with E-state index in [1.807, 2.05) is 0 Å². The lowest BCUT2D eigenvalue weighted by molar-refractivity contribution is -0.155. The fraction of sp³-hybridized carbons (Fsp3) is 0.182. The number of primary amides is 1. The molecule has 1 aromatic carbocycles. The molecule has 0 aliphatic heterocycles. The summed E-state index contributed by atoms with van der Waals surface area (Å²) in [7, 11) is 0. The monoisotopic (exact) mass is 484 g/mol. The molecule has 0 saturated heterocycles. The first-order valence-corrected chi connectivity index (χ1v) is 10.2. The molecule has 0 unspecified atom stereocenters. The van der Waals surface area contributed by atoms with Crippen molar-refractivity contribution in [1.29, 1.82) is 0 Å². The average molecular weight is 484 g/mol. The Balaban J connectivity index is 1.45. The van der Waals surface area contributed by atoms with E-state index in [1.165, 1.54) is 23.3 Å². The van der Waals surface area contributed by atoms with Gasteiger partial charge in [-0.2, -0.15) is 13.2 Å². The lowest BCUT2D eigenvalue weighted by atomic mass is 10.0.